The van der Waals surface area contributed by atoms with E-state index in [-0.39, 0.29) is 11.7 Å². The molecular formula is C24H26N2O4. The minimum absolute atomic E-state index is 0.126. The maximum absolute atomic E-state index is 13.1. The van der Waals surface area contributed by atoms with Crippen molar-refractivity contribution in [1.29, 1.82) is 0 Å². The van der Waals surface area contributed by atoms with Gasteiger partial charge in [-0.1, -0.05) is 30.3 Å². The molecule has 156 valence electrons. The first-order valence-corrected chi connectivity index (χ1v) is 9.69. The third kappa shape index (κ3) is 5.75. The van der Waals surface area contributed by atoms with Crippen molar-refractivity contribution in [1.82, 2.24) is 4.90 Å². The molecular weight excluding hydrogens is 380 g/mol. The van der Waals surface area contributed by atoms with Gasteiger partial charge in [0.05, 0.1) is 7.11 Å². The van der Waals surface area contributed by atoms with Crippen LogP contribution in [0.1, 0.15) is 11.6 Å². The Balaban J connectivity index is 1.67. The summed E-state index contributed by atoms with van der Waals surface area (Å²) in [6.07, 6.45) is 0. The van der Waals surface area contributed by atoms with Crippen LogP contribution in [0.15, 0.2) is 78.9 Å². The zero-order chi connectivity index (χ0) is 21.3. The van der Waals surface area contributed by atoms with Gasteiger partial charge in [0.25, 0.3) is 0 Å². The van der Waals surface area contributed by atoms with E-state index < -0.39 is 6.04 Å². The van der Waals surface area contributed by atoms with E-state index in [2.05, 4.69) is 5.32 Å². The molecule has 0 fully saturated rings. The Hall–Kier alpha value is -3.51. The predicted molar refractivity (Wildman–Crippen MR) is 117 cm³/mol. The van der Waals surface area contributed by atoms with E-state index >= 15 is 0 Å². The van der Waals surface area contributed by atoms with Crippen LogP contribution in [-0.2, 0) is 4.79 Å². The van der Waals surface area contributed by atoms with Crippen molar-refractivity contribution >= 4 is 11.6 Å². The molecule has 3 rings (SSSR count). The van der Waals surface area contributed by atoms with Gasteiger partial charge in [-0.15, -0.1) is 0 Å². The fourth-order valence-electron chi connectivity index (χ4n) is 3.11. The van der Waals surface area contributed by atoms with Gasteiger partial charge in [-0.2, -0.15) is 0 Å². The van der Waals surface area contributed by atoms with Crippen LogP contribution in [0.4, 0.5) is 5.69 Å². The Morgan fingerprint density at radius 2 is 1.60 bits per heavy atom. The van der Waals surface area contributed by atoms with Crippen LogP contribution >= 0.6 is 0 Å². The van der Waals surface area contributed by atoms with Crippen molar-refractivity contribution in [2.24, 2.45) is 0 Å². The molecule has 3 aromatic rings. The number of ether oxygens (including phenoxy) is 2. The van der Waals surface area contributed by atoms with E-state index in [1.54, 1.807) is 31.4 Å². The first kappa shape index (κ1) is 21.2. The summed E-state index contributed by atoms with van der Waals surface area (Å²) >= 11 is 0. The molecule has 2 N–H and O–H groups in total. The van der Waals surface area contributed by atoms with E-state index in [0.717, 1.165) is 11.3 Å². The van der Waals surface area contributed by atoms with Crippen LogP contribution in [0.3, 0.4) is 0 Å². The molecule has 6 heteroatoms. The number of carbonyl (C=O) groups excluding carboxylic acids is 1. The van der Waals surface area contributed by atoms with Gasteiger partial charge in [-0.3, -0.25) is 9.69 Å². The van der Waals surface area contributed by atoms with Crippen molar-refractivity contribution in [2.75, 3.05) is 32.6 Å². The predicted octanol–water partition coefficient (Wildman–Crippen LogP) is 4.09. The fraction of sp³-hybridized carbons (Fsp3) is 0.208. The standard InChI is InChI=1S/C24H26N2O4/c1-26(16-17-30-22-14-10-20(27)11-15-22)23(18-6-4-3-5-7-18)24(28)25-19-8-12-21(29-2)13-9-19/h3-15,23,27H,16-17H2,1-2H3,(H,25,28)/t23-/m0/s1. The van der Waals surface area contributed by atoms with Crippen LogP contribution in [0.5, 0.6) is 17.2 Å². The average molecular weight is 406 g/mol. The van der Waals surface area contributed by atoms with Crippen molar-refractivity contribution in [2.45, 2.75) is 6.04 Å². The smallest absolute Gasteiger partial charge is 0.246 e. The highest BCUT2D eigenvalue weighted by Gasteiger charge is 2.25. The Labute approximate surface area is 176 Å². The first-order chi connectivity index (χ1) is 14.6. The summed E-state index contributed by atoms with van der Waals surface area (Å²) < 4.78 is 10.9. The molecule has 0 bridgehead atoms. The number of phenols is 1. The zero-order valence-corrected chi connectivity index (χ0v) is 17.1. The Bertz CT molecular complexity index is 928. The van der Waals surface area contributed by atoms with Crippen molar-refractivity contribution in [3.05, 3.63) is 84.4 Å². The van der Waals surface area contributed by atoms with E-state index in [0.29, 0.717) is 24.6 Å². The second-order valence-electron chi connectivity index (χ2n) is 6.85. The highest BCUT2D eigenvalue weighted by Crippen LogP contribution is 2.23. The summed E-state index contributed by atoms with van der Waals surface area (Å²) in [7, 11) is 3.50. The highest BCUT2D eigenvalue weighted by atomic mass is 16.5. The van der Waals surface area contributed by atoms with Gasteiger partial charge in [0, 0.05) is 12.2 Å². The van der Waals surface area contributed by atoms with E-state index in [4.69, 9.17) is 9.47 Å². The third-order valence-electron chi connectivity index (χ3n) is 4.71. The average Bonchev–Trinajstić information content (AvgIpc) is 2.76. The van der Waals surface area contributed by atoms with Crippen LogP contribution in [-0.4, -0.2) is 43.2 Å². The van der Waals surface area contributed by atoms with Gasteiger partial charge in [0.1, 0.15) is 29.9 Å². The second kappa shape index (κ2) is 10.3. The molecule has 0 aromatic heterocycles. The number of methoxy groups -OCH3 is 1. The maximum atomic E-state index is 13.1. The molecule has 0 aliphatic rings. The van der Waals surface area contributed by atoms with Gasteiger partial charge in [0.15, 0.2) is 0 Å². The van der Waals surface area contributed by atoms with Crippen LogP contribution < -0.4 is 14.8 Å². The number of nitrogens with one attached hydrogen (secondary N) is 1. The van der Waals surface area contributed by atoms with Gasteiger partial charge < -0.3 is 19.9 Å². The number of anilines is 1. The molecule has 0 radical (unpaired) electrons. The number of likely N-dealkylation sites (N-methyl/N-ethyl adjacent to an activating group) is 1. The number of rotatable bonds is 9. The Morgan fingerprint density at radius 3 is 2.23 bits per heavy atom. The van der Waals surface area contributed by atoms with Gasteiger partial charge in [-0.25, -0.2) is 0 Å². The van der Waals surface area contributed by atoms with E-state index in [9.17, 15) is 9.90 Å². The van der Waals surface area contributed by atoms with Crippen molar-refractivity contribution in [3.63, 3.8) is 0 Å². The van der Waals surface area contributed by atoms with Gasteiger partial charge >= 0.3 is 0 Å². The SMILES string of the molecule is COc1ccc(NC(=O)[C@H](c2ccccc2)N(C)CCOc2ccc(O)cc2)cc1. The summed E-state index contributed by atoms with van der Waals surface area (Å²) in [5, 5.41) is 12.3. The summed E-state index contributed by atoms with van der Waals surface area (Å²) in [4.78, 5) is 15.1. The molecule has 0 unspecified atom stereocenters. The number of hydrogen-bond donors (Lipinski definition) is 2. The van der Waals surface area contributed by atoms with Crippen molar-refractivity contribution in [3.8, 4) is 17.2 Å². The lowest BCUT2D eigenvalue weighted by atomic mass is 10.0. The maximum Gasteiger partial charge on any atom is 0.246 e. The first-order valence-electron chi connectivity index (χ1n) is 9.69. The largest absolute Gasteiger partial charge is 0.508 e. The number of amides is 1. The minimum Gasteiger partial charge on any atom is -0.508 e. The fourth-order valence-corrected chi connectivity index (χ4v) is 3.11. The molecule has 30 heavy (non-hydrogen) atoms. The topological polar surface area (TPSA) is 71.0 Å². The molecule has 0 saturated carbocycles. The quantitative estimate of drug-likeness (QED) is 0.560. The van der Waals surface area contributed by atoms with Crippen molar-refractivity contribution < 1.29 is 19.4 Å². The zero-order valence-electron chi connectivity index (χ0n) is 17.1. The monoisotopic (exact) mass is 406 g/mol. The summed E-state index contributed by atoms with van der Waals surface area (Å²) in [5.74, 6) is 1.47. The molecule has 1 amide bonds. The lowest BCUT2D eigenvalue weighted by molar-refractivity contribution is -0.121. The summed E-state index contributed by atoms with van der Waals surface area (Å²) in [5.41, 5.74) is 1.60. The lowest BCUT2D eigenvalue weighted by Gasteiger charge is -2.27. The van der Waals surface area contributed by atoms with E-state index in [1.807, 2.05) is 66.5 Å². The number of benzene rings is 3. The highest BCUT2D eigenvalue weighted by molar-refractivity contribution is 5.95. The molecule has 0 aliphatic heterocycles. The minimum atomic E-state index is -0.475. The number of phenolic OH excluding ortho intramolecular Hbond substituents is 1. The van der Waals surface area contributed by atoms with Crippen LogP contribution in [0, 0.1) is 0 Å². The summed E-state index contributed by atoms with van der Waals surface area (Å²) in [6, 6.07) is 23.0. The Morgan fingerprint density at radius 1 is 0.967 bits per heavy atom. The molecule has 3 aromatic carbocycles. The molecule has 0 aliphatic carbocycles. The number of carbonyl (C=O) groups is 1. The lowest BCUT2D eigenvalue weighted by Crippen LogP contribution is -2.37. The van der Waals surface area contributed by atoms with E-state index in [1.165, 1.54) is 0 Å². The third-order valence-corrected chi connectivity index (χ3v) is 4.71. The molecule has 6 nitrogen and oxygen atoms in total. The van der Waals surface area contributed by atoms with Gasteiger partial charge in [-0.05, 0) is 61.1 Å². The summed E-state index contributed by atoms with van der Waals surface area (Å²) in [6.45, 7) is 0.941. The molecule has 0 heterocycles. The number of nitrogens with zero attached hydrogens (tertiary/aromatic N) is 1. The molecule has 1 atom stereocenters. The molecule has 0 spiro atoms. The second-order valence-corrected chi connectivity index (χ2v) is 6.85. The van der Waals surface area contributed by atoms with Gasteiger partial charge in [0.2, 0.25) is 5.91 Å². The Kier molecular flexibility index (Phi) is 7.29. The van der Waals surface area contributed by atoms with Crippen LogP contribution in [0.2, 0.25) is 0 Å². The molecule has 0 saturated heterocycles. The number of aromatic hydroxyl groups is 1. The normalized spacial score (nSPS) is 11.7. The van der Waals surface area contributed by atoms with Crippen LogP contribution in [0.25, 0.3) is 0 Å². The number of hydrogen-bond acceptors (Lipinski definition) is 5.